The molecule has 0 unspecified atom stereocenters. The van der Waals surface area contributed by atoms with E-state index in [2.05, 4.69) is 9.88 Å². The first-order valence-corrected chi connectivity index (χ1v) is 8.56. The van der Waals surface area contributed by atoms with Crippen molar-refractivity contribution in [1.29, 1.82) is 0 Å². The average Bonchev–Trinajstić information content (AvgIpc) is 3.15. The number of halogens is 1. The number of likely N-dealkylation sites (tertiary alicyclic amines) is 1. The molecule has 4 rings (SSSR count). The number of nitrogens with zero attached hydrogens (tertiary/aromatic N) is 3. The van der Waals surface area contributed by atoms with Gasteiger partial charge in [-0.1, -0.05) is 12.1 Å². The van der Waals surface area contributed by atoms with E-state index in [4.69, 9.17) is 9.47 Å². The van der Waals surface area contributed by atoms with Crippen LogP contribution in [0.25, 0.3) is 0 Å². The van der Waals surface area contributed by atoms with Crippen LogP contribution < -0.4 is 4.74 Å². The fraction of sp³-hybridized carbons (Fsp3) is 0.368. The molecule has 0 radical (unpaired) electrons. The van der Waals surface area contributed by atoms with Gasteiger partial charge in [0, 0.05) is 37.5 Å². The average molecular weight is 357 g/mol. The summed E-state index contributed by atoms with van der Waals surface area (Å²) in [4.78, 5) is 20.4. The van der Waals surface area contributed by atoms with Gasteiger partial charge in [-0.25, -0.2) is 9.18 Å². The van der Waals surface area contributed by atoms with Crippen LogP contribution in [0, 0.1) is 5.82 Å². The molecule has 1 aromatic carbocycles. The number of carbonyl (C=O) groups excluding carboxylic acids is 1. The fourth-order valence-electron chi connectivity index (χ4n) is 3.65. The van der Waals surface area contributed by atoms with Crippen LogP contribution in [0.3, 0.4) is 0 Å². The molecule has 2 aliphatic heterocycles. The highest BCUT2D eigenvalue weighted by Crippen LogP contribution is 2.30. The van der Waals surface area contributed by atoms with Gasteiger partial charge in [0.25, 0.3) is 0 Å². The summed E-state index contributed by atoms with van der Waals surface area (Å²) in [5.74, 6) is 0.212. The van der Waals surface area contributed by atoms with E-state index in [0.29, 0.717) is 31.9 Å². The Hall–Kier alpha value is -2.67. The van der Waals surface area contributed by atoms with E-state index < -0.39 is 0 Å². The maximum Gasteiger partial charge on any atom is 0.410 e. The molecule has 2 aromatic rings. The molecule has 1 amide bonds. The molecule has 0 N–H and O–H groups in total. The van der Waals surface area contributed by atoms with Crippen molar-refractivity contribution >= 4 is 6.09 Å². The molecule has 6 nitrogen and oxygen atoms in total. The van der Waals surface area contributed by atoms with Gasteiger partial charge in [0.1, 0.15) is 17.7 Å². The number of benzene rings is 1. The molecule has 136 valence electrons. The standard InChI is InChI=1S/C19H20FN3O3/c1-25-17-8-14(20)6-5-13(17)9-22-11-16-18(12-22)26-19(24)23(16)10-15-4-2-3-7-21-15/h2-8,16,18H,9-12H2,1H3/t16-,18+/m1/s1. The van der Waals surface area contributed by atoms with Crippen molar-refractivity contribution in [1.82, 2.24) is 14.8 Å². The lowest BCUT2D eigenvalue weighted by Gasteiger charge is -2.22. The number of pyridine rings is 1. The van der Waals surface area contributed by atoms with Crippen LogP contribution >= 0.6 is 0 Å². The van der Waals surface area contributed by atoms with Crippen LogP contribution in [-0.2, 0) is 17.8 Å². The predicted octanol–water partition coefficient (Wildman–Crippen LogP) is 2.43. The van der Waals surface area contributed by atoms with Gasteiger partial charge in [-0.15, -0.1) is 0 Å². The quantitative estimate of drug-likeness (QED) is 0.823. The van der Waals surface area contributed by atoms with Gasteiger partial charge in [0.05, 0.1) is 25.4 Å². The Bertz CT molecular complexity index is 802. The zero-order valence-electron chi connectivity index (χ0n) is 14.5. The van der Waals surface area contributed by atoms with E-state index in [1.807, 2.05) is 18.2 Å². The van der Waals surface area contributed by atoms with E-state index in [1.54, 1.807) is 17.2 Å². The van der Waals surface area contributed by atoms with E-state index in [0.717, 1.165) is 11.3 Å². The molecule has 2 atom stereocenters. The number of rotatable bonds is 5. The molecule has 2 aliphatic rings. The van der Waals surface area contributed by atoms with Crippen molar-refractivity contribution in [2.24, 2.45) is 0 Å². The minimum absolute atomic E-state index is 0.00375. The first kappa shape index (κ1) is 16.8. The third kappa shape index (κ3) is 3.22. The van der Waals surface area contributed by atoms with Gasteiger partial charge in [0.15, 0.2) is 0 Å². The Labute approximate surface area is 151 Å². The van der Waals surface area contributed by atoms with Crippen molar-refractivity contribution in [3.63, 3.8) is 0 Å². The lowest BCUT2D eigenvalue weighted by molar-refractivity contribution is 0.119. The Morgan fingerprint density at radius 3 is 2.92 bits per heavy atom. The number of amides is 1. The Morgan fingerprint density at radius 2 is 2.15 bits per heavy atom. The van der Waals surface area contributed by atoms with Crippen LogP contribution in [0.5, 0.6) is 5.75 Å². The van der Waals surface area contributed by atoms with Crippen molar-refractivity contribution in [3.05, 3.63) is 59.7 Å². The second-order valence-electron chi connectivity index (χ2n) is 6.59. The maximum absolute atomic E-state index is 13.4. The molecule has 2 fully saturated rings. The van der Waals surface area contributed by atoms with Gasteiger partial charge >= 0.3 is 6.09 Å². The zero-order chi connectivity index (χ0) is 18.1. The van der Waals surface area contributed by atoms with Crippen LogP contribution in [0.2, 0.25) is 0 Å². The summed E-state index contributed by atoms with van der Waals surface area (Å²) in [6.45, 7) is 2.40. The number of methoxy groups -OCH3 is 1. The summed E-state index contributed by atoms with van der Waals surface area (Å²) in [5, 5.41) is 0. The Morgan fingerprint density at radius 1 is 1.27 bits per heavy atom. The summed E-state index contributed by atoms with van der Waals surface area (Å²) in [5.41, 5.74) is 1.75. The van der Waals surface area contributed by atoms with Crippen LogP contribution in [-0.4, -0.2) is 53.2 Å². The van der Waals surface area contributed by atoms with E-state index in [1.165, 1.54) is 19.2 Å². The molecular formula is C19H20FN3O3. The lowest BCUT2D eigenvalue weighted by Crippen LogP contribution is -2.37. The molecule has 2 saturated heterocycles. The highest BCUT2D eigenvalue weighted by Gasteiger charge is 2.47. The first-order chi connectivity index (χ1) is 12.6. The van der Waals surface area contributed by atoms with E-state index in [-0.39, 0.29) is 24.1 Å². The number of ether oxygens (including phenoxy) is 2. The van der Waals surface area contributed by atoms with Crippen molar-refractivity contribution in [2.75, 3.05) is 20.2 Å². The Balaban J connectivity index is 1.45. The molecule has 0 spiro atoms. The van der Waals surface area contributed by atoms with Crippen LogP contribution in [0.4, 0.5) is 9.18 Å². The SMILES string of the molecule is COc1cc(F)ccc1CN1C[C@@H]2OC(=O)N(Cc3ccccn3)[C@@H]2C1. The minimum Gasteiger partial charge on any atom is -0.496 e. The van der Waals surface area contributed by atoms with Crippen molar-refractivity contribution < 1.29 is 18.7 Å². The molecule has 26 heavy (non-hydrogen) atoms. The monoisotopic (exact) mass is 357 g/mol. The van der Waals surface area contributed by atoms with Gasteiger partial charge in [-0.05, 0) is 18.2 Å². The van der Waals surface area contributed by atoms with Crippen molar-refractivity contribution in [2.45, 2.75) is 25.2 Å². The molecular weight excluding hydrogens is 337 g/mol. The fourth-order valence-corrected chi connectivity index (χ4v) is 3.65. The summed E-state index contributed by atoms with van der Waals surface area (Å²) in [6, 6.07) is 10.2. The highest BCUT2D eigenvalue weighted by atomic mass is 19.1. The number of fused-ring (bicyclic) bond motifs is 1. The molecule has 7 heteroatoms. The lowest BCUT2D eigenvalue weighted by atomic mass is 10.2. The number of carbonyl (C=O) groups is 1. The summed E-state index contributed by atoms with van der Waals surface area (Å²) < 4.78 is 24.2. The van der Waals surface area contributed by atoms with Gasteiger partial charge in [0.2, 0.25) is 0 Å². The smallest absolute Gasteiger partial charge is 0.410 e. The third-order valence-electron chi connectivity index (χ3n) is 4.90. The second kappa shape index (κ2) is 6.92. The molecule has 3 heterocycles. The second-order valence-corrected chi connectivity index (χ2v) is 6.59. The molecule has 1 aromatic heterocycles. The topological polar surface area (TPSA) is 54.9 Å². The molecule has 0 saturated carbocycles. The highest BCUT2D eigenvalue weighted by molar-refractivity contribution is 5.71. The van der Waals surface area contributed by atoms with Gasteiger partial charge in [-0.3, -0.25) is 14.8 Å². The minimum atomic E-state index is -0.320. The maximum atomic E-state index is 13.4. The predicted molar refractivity (Wildman–Crippen MR) is 92.1 cm³/mol. The van der Waals surface area contributed by atoms with Crippen LogP contribution in [0.15, 0.2) is 42.6 Å². The first-order valence-electron chi connectivity index (χ1n) is 8.56. The summed E-state index contributed by atoms with van der Waals surface area (Å²) >= 11 is 0. The number of hydrogen-bond acceptors (Lipinski definition) is 5. The van der Waals surface area contributed by atoms with E-state index >= 15 is 0 Å². The van der Waals surface area contributed by atoms with Gasteiger partial charge < -0.3 is 9.47 Å². The molecule has 0 aliphatic carbocycles. The Kier molecular flexibility index (Phi) is 4.46. The van der Waals surface area contributed by atoms with E-state index in [9.17, 15) is 9.18 Å². The number of hydrogen-bond donors (Lipinski definition) is 0. The molecule has 0 bridgehead atoms. The number of aromatic nitrogens is 1. The van der Waals surface area contributed by atoms with Crippen LogP contribution in [0.1, 0.15) is 11.3 Å². The largest absolute Gasteiger partial charge is 0.496 e. The van der Waals surface area contributed by atoms with Crippen molar-refractivity contribution in [3.8, 4) is 5.75 Å². The summed E-state index contributed by atoms with van der Waals surface area (Å²) in [7, 11) is 1.54. The van der Waals surface area contributed by atoms with Gasteiger partial charge in [-0.2, -0.15) is 0 Å². The summed E-state index contributed by atoms with van der Waals surface area (Å²) in [6.07, 6.45) is 1.28. The normalized spacial score (nSPS) is 22.4. The third-order valence-corrected chi connectivity index (χ3v) is 4.90. The zero-order valence-corrected chi connectivity index (χ0v) is 14.5.